The topological polar surface area (TPSA) is 69.0 Å². The van der Waals surface area contributed by atoms with E-state index in [0.717, 1.165) is 30.4 Å². The molecule has 1 atom stereocenters. The molecule has 0 aliphatic carbocycles. The summed E-state index contributed by atoms with van der Waals surface area (Å²) in [4.78, 5) is 6.60. The van der Waals surface area contributed by atoms with Crippen molar-refractivity contribution < 1.29 is 4.74 Å². The lowest BCUT2D eigenvalue weighted by atomic mass is 10.2. The van der Waals surface area contributed by atoms with Crippen LogP contribution in [0, 0.1) is 13.8 Å². The lowest BCUT2D eigenvalue weighted by molar-refractivity contribution is -0.0408. The molecule has 2 aromatic heterocycles. The lowest BCUT2D eigenvalue weighted by Gasteiger charge is -2.32. The van der Waals surface area contributed by atoms with Gasteiger partial charge >= 0.3 is 0 Å². The van der Waals surface area contributed by atoms with E-state index in [1.54, 1.807) is 0 Å². The molecule has 0 aromatic carbocycles. The monoisotopic (exact) mass is 328 g/mol. The molecule has 3 heterocycles. The van der Waals surface area contributed by atoms with Crippen molar-refractivity contribution in [2.45, 2.75) is 33.0 Å². The third-order valence-corrected chi connectivity index (χ3v) is 4.43. The van der Waals surface area contributed by atoms with Gasteiger partial charge in [0.15, 0.2) is 0 Å². The van der Waals surface area contributed by atoms with E-state index >= 15 is 0 Å². The Labute approximate surface area is 132 Å². The van der Waals surface area contributed by atoms with Crippen LogP contribution in [0.25, 0.3) is 0 Å². The van der Waals surface area contributed by atoms with Gasteiger partial charge in [-0.15, -0.1) is 5.10 Å². The van der Waals surface area contributed by atoms with Gasteiger partial charge in [0.1, 0.15) is 21.7 Å². The lowest BCUT2D eigenvalue weighted by Crippen LogP contribution is -2.44. The number of hydrogen-bond acceptors (Lipinski definition) is 7. The SMILES string of the molecule is Cc1nc(C)n(CC2CN(Cc3nnsc3Cl)CCO2)n1. The van der Waals surface area contributed by atoms with E-state index in [1.807, 2.05) is 18.5 Å². The molecule has 1 aliphatic rings. The van der Waals surface area contributed by atoms with E-state index in [2.05, 4.69) is 24.6 Å². The molecule has 0 radical (unpaired) electrons. The van der Waals surface area contributed by atoms with Crippen LogP contribution in [0.4, 0.5) is 0 Å². The molecule has 1 unspecified atom stereocenters. The fourth-order valence-electron chi connectivity index (χ4n) is 2.46. The molecule has 3 rings (SSSR count). The summed E-state index contributed by atoms with van der Waals surface area (Å²) < 4.78 is 12.3. The quantitative estimate of drug-likeness (QED) is 0.842. The molecule has 21 heavy (non-hydrogen) atoms. The maximum absolute atomic E-state index is 6.06. The van der Waals surface area contributed by atoms with E-state index in [1.165, 1.54) is 11.5 Å². The highest BCUT2D eigenvalue weighted by atomic mass is 35.5. The summed E-state index contributed by atoms with van der Waals surface area (Å²) in [7, 11) is 0. The molecule has 0 amide bonds. The predicted octanol–water partition coefficient (Wildman–Crippen LogP) is 1.30. The van der Waals surface area contributed by atoms with E-state index in [0.29, 0.717) is 24.0 Å². The third kappa shape index (κ3) is 3.57. The smallest absolute Gasteiger partial charge is 0.147 e. The third-order valence-electron chi connectivity index (χ3n) is 3.44. The zero-order chi connectivity index (χ0) is 14.8. The number of aromatic nitrogens is 5. The minimum absolute atomic E-state index is 0.101. The average Bonchev–Trinajstić information content (AvgIpc) is 2.97. The highest BCUT2D eigenvalue weighted by Gasteiger charge is 2.23. The van der Waals surface area contributed by atoms with Crippen LogP contribution in [0.2, 0.25) is 4.34 Å². The van der Waals surface area contributed by atoms with Crippen molar-refractivity contribution in [1.29, 1.82) is 0 Å². The van der Waals surface area contributed by atoms with Crippen molar-refractivity contribution in [1.82, 2.24) is 29.3 Å². The highest BCUT2D eigenvalue weighted by Crippen LogP contribution is 2.20. The number of morpholine rings is 1. The number of ether oxygens (including phenoxy) is 1. The standard InChI is InChI=1S/C12H17ClN6OS/c1-8-14-9(2)19(16-8)6-10-5-18(3-4-20-10)7-11-12(13)21-17-15-11/h10H,3-7H2,1-2H3. The normalized spacial score (nSPS) is 20.0. The van der Waals surface area contributed by atoms with Gasteiger partial charge in [0.05, 0.1) is 19.3 Å². The van der Waals surface area contributed by atoms with E-state index in [-0.39, 0.29) is 6.10 Å². The average molecular weight is 329 g/mol. The Kier molecular flexibility index (Phi) is 4.48. The van der Waals surface area contributed by atoms with Gasteiger partial charge in [-0.2, -0.15) is 5.10 Å². The second kappa shape index (κ2) is 6.35. The number of nitrogens with zero attached hydrogens (tertiary/aromatic N) is 6. The molecule has 9 heteroatoms. The first kappa shape index (κ1) is 14.8. The molecule has 0 saturated carbocycles. The van der Waals surface area contributed by atoms with Crippen LogP contribution in [0.15, 0.2) is 0 Å². The van der Waals surface area contributed by atoms with Crippen molar-refractivity contribution in [3.05, 3.63) is 21.7 Å². The van der Waals surface area contributed by atoms with Crippen molar-refractivity contribution >= 4 is 23.1 Å². The Bertz CT molecular complexity index is 615. The largest absolute Gasteiger partial charge is 0.374 e. The molecule has 0 N–H and O–H groups in total. The molecule has 2 aromatic rings. The van der Waals surface area contributed by atoms with Crippen LogP contribution in [-0.4, -0.2) is 55.1 Å². The van der Waals surface area contributed by atoms with Gasteiger partial charge in [-0.25, -0.2) is 9.67 Å². The fourth-order valence-corrected chi connectivity index (χ4v) is 3.08. The Morgan fingerprint density at radius 3 is 2.95 bits per heavy atom. The summed E-state index contributed by atoms with van der Waals surface area (Å²) in [6.07, 6.45) is 0.101. The molecule has 114 valence electrons. The van der Waals surface area contributed by atoms with Crippen molar-refractivity contribution in [3.8, 4) is 0 Å². The van der Waals surface area contributed by atoms with E-state index in [4.69, 9.17) is 16.3 Å². The summed E-state index contributed by atoms with van der Waals surface area (Å²) >= 11 is 7.29. The molecular formula is C12H17ClN6OS. The molecule has 1 saturated heterocycles. The zero-order valence-electron chi connectivity index (χ0n) is 12.0. The minimum Gasteiger partial charge on any atom is -0.374 e. The van der Waals surface area contributed by atoms with E-state index in [9.17, 15) is 0 Å². The fraction of sp³-hybridized carbons (Fsp3) is 0.667. The summed E-state index contributed by atoms with van der Waals surface area (Å²) in [5.41, 5.74) is 0.843. The first-order valence-electron chi connectivity index (χ1n) is 6.80. The first-order chi connectivity index (χ1) is 10.1. The second-order valence-electron chi connectivity index (χ2n) is 5.11. The van der Waals surface area contributed by atoms with Crippen LogP contribution in [0.3, 0.4) is 0 Å². The van der Waals surface area contributed by atoms with Crippen LogP contribution < -0.4 is 0 Å². The summed E-state index contributed by atoms with van der Waals surface area (Å²) in [5.74, 6) is 1.71. The Hall–Kier alpha value is -1.09. The highest BCUT2D eigenvalue weighted by molar-refractivity contribution is 7.10. The van der Waals surface area contributed by atoms with Gasteiger partial charge in [0.25, 0.3) is 0 Å². The molecular weight excluding hydrogens is 312 g/mol. The first-order valence-corrected chi connectivity index (χ1v) is 7.95. The van der Waals surface area contributed by atoms with Gasteiger partial charge < -0.3 is 4.74 Å². The number of rotatable bonds is 4. The minimum atomic E-state index is 0.101. The Balaban J connectivity index is 1.60. The van der Waals surface area contributed by atoms with E-state index < -0.39 is 0 Å². The van der Waals surface area contributed by atoms with Gasteiger partial charge in [-0.3, -0.25) is 4.90 Å². The summed E-state index contributed by atoms with van der Waals surface area (Å²) in [6, 6.07) is 0. The zero-order valence-corrected chi connectivity index (χ0v) is 13.6. The molecule has 0 bridgehead atoms. The molecule has 1 fully saturated rings. The van der Waals surface area contributed by atoms with Gasteiger partial charge in [-0.1, -0.05) is 16.1 Å². The molecule has 1 aliphatic heterocycles. The maximum Gasteiger partial charge on any atom is 0.147 e. The summed E-state index contributed by atoms with van der Waals surface area (Å²) in [6.45, 7) is 7.69. The van der Waals surface area contributed by atoms with Gasteiger partial charge in [0, 0.05) is 31.2 Å². The van der Waals surface area contributed by atoms with Crippen molar-refractivity contribution in [2.24, 2.45) is 0 Å². The van der Waals surface area contributed by atoms with Gasteiger partial charge in [-0.05, 0) is 13.8 Å². The van der Waals surface area contributed by atoms with Crippen molar-refractivity contribution in [2.75, 3.05) is 19.7 Å². The van der Waals surface area contributed by atoms with Crippen molar-refractivity contribution in [3.63, 3.8) is 0 Å². The maximum atomic E-state index is 6.06. The predicted molar refractivity (Wildman–Crippen MR) is 79.4 cm³/mol. The van der Waals surface area contributed by atoms with Crippen LogP contribution >= 0.6 is 23.1 Å². The van der Waals surface area contributed by atoms with Gasteiger partial charge in [0.2, 0.25) is 0 Å². The Morgan fingerprint density at radius 1 is 1.43 bits per heavy atom. The number of hydrogen-bond donors (Lipinski definition) is 0. The van der Waals surface area contributed by atoms with Crippen LogP contribution in [0.5, 0.6) is 0 Å². The molecule has 0 spiro atoms. The van der Waals surface area contributed by atoms with Crippen LogP contribution in [0.1, 0.15) is 17.3 Å². The summed E-state index contributed by atoms with van der Waals surface area (Å²) in [5, 5.41) is 8.45. The van der Waals surface area contributed by atoms with Crippen LogP contribution in [-0.2, 0) is 17.8 Å². The molecule has 7 nitrogen and oxygen atoms in total. The number of aryl methyl sites for hydroxylation is 2. The Morgan fingerprint density at radius 2 is 2.29 bits per heavy atom. The second-order valence-corrected chi connectivity index (χ2v) is 6.47. The number of halogens is 1.